The second-order valence-corrected chi connectivity index (χ2v) is 9.75. The average molecular weight is 535 g/mol. The molecule has 1 aliphatic rings. The Morgan fingerprint density at radius 2 is 1.77 bits per heavy atom. The zero-order chi connectivity index (χ0) is 28.2. The summed E-state index contributed by atoms with van der Waals surface area (Å²) in [5.74, 6) is -0.828. The molecule has 0 saturated heterocycles. The van der Waals surface area contributed by atoms with Crippen molar-refractivity contribution in [3.63, 3.8) is 0 Å². The first kappa shape index (κ1) is 26.5. The Labute approximate surface area is 232 Å². The van der Waals surface area contributed by atoms with Crippen LogP contribution in [0.2, 0.25) is 0 Å². The molecule has 0 radical (unpaired) electrons. The maximum atomic E-state index is 13.2. The molecule has 0 aliphatic carbocycles. The predicted molar refractivity (Wildman–Crippen MR) is 155 cm³/mol. The van der Waals surface area contributed by atoms with E-state index in [-0.39, 0.29) is 23.2 Å². The first-order valence-corrected chi connectivity index (χ1v) is 12.9. The van der Waals surface area contributed by atoms with Crippen molar-refractivity contribution in [2.24, 2.45) is 5.73 Å². The average Bonchev–Trinajstić information content (AvgIpc) is 3.38. The Bertz CT molecular complexity index is 1600. The fourth-order valence-corrected chi connectivity index (χ4v) is 5.11. The molecule has 4 aromatic rings. The van der Waals surface area contributed by atoms with E-state index in [1.54, 1.807) is 24.3 Å². The molecule has 1 amide bonds. The third kappa shape index (κ3) is 5.51. The van der Waals surface area contributed by atoms with E-state index in [9.17, 15) is 14.7 Å². The monoisotopic (exact) mass is 534 g/mol. The van der Waals surface area contributed by atoms with Gasteiger partial charge in [0.15, 0.2) is 0 Å². The zero-order valence-corrected chi connectivity index (χ0v) is 22.0. The minimum atomic E-state index is -1.09. The van der Waals surface area contributed by atoms with Gasteiger partial charge in [0, 0.05) is 35.8 Å². The Morgan fingerprint density at radius 1 is 1.00 bits per heavy atom. The summed E-state index contributed by atoms with van der Waals surface area (Å²) >= 11 is 0. The molecule has 202 valence electrons. The number of nitrogen functional groups attached to an aromatic ring is 1. The number of hydrogen-bond donors (Lipinski definition) is 5. The minimum absolute atomic E-state index is 0.00402. The van der Waals surface area contributed by atoms with Crippen molar-refractivity contribution in [2.45, 2.75) is 18.9 Å². The van der Waals surface area contributed by atoms with Gasteiger partial charge in [-0.2, -0.15) is 0 Å². The molecule has 6 N–H and O–H groups in total. The van der Waals surface area contributed by atoms with E-state index in [0.29, 0.717) is 47.5 Å². The number of amidine groups is 1. The number of carbonyl (C=O) groups is 2. The van der Waals surface area contributed by atoms with E-state index >= 15 is 0 Å². The van der Waals surface area contributed by atoms with Gasteiger partial charge in [-0.1, -0.05) is 36.4 Å². The van der Waals surface area contributed by atoms with Gasteiger partial charge in [-0.3, -0.25) is 10.2 Å². The van der Waals surface area contributed by atoms with Crippen molar-refractivity contribution in [1.82, 2.24) is 5.32 Å². The van der Waals surface area contributed by atoms with Crippen molar-refractivity contribution < 1.29 is 19.4 Å². The van der Waals surface area contributed by atoms with Crippen molar-refractivity contribution in [1.29, 1.82) is 5.41 Å². The van der Waals surface area contributed by atoms with E-state index in [4.69, 9.17) is 15.9 Å². The molecule has 1 atom stereocenters. The number of carbonyl (C=O) groups excluding carboxylic acids is 1. The Balaban J connectivity index is 1.53. The van der Waals surface area contributed by atoms with Gasteiger partial charge in [0.05, 0.1) is 12.7 Å². The quantitative estimate of drug-likeness (QED) is 0.151. The number of nitrogens with one attached hydrogen (secondary N) is 3. The summed E-state index contributed by atoms with van der Waals surface area (Å²) in [5, 5.41) is 24.3. The summed E-state index contributed by atoms with van der Waals surface area (Å²) < 4.78 is 5.28. The molecule has 40 heavy (non-hydrogen) atoms. The van der Waals surface area contributed by atoms with Gasteiger partial charge in [0.25, 0.3) is 5.91 Å². The van der Waals surface area contributed by atoms with Crippen LogP contribution in [0.4, 0.5) is 5.69 Å². The van der Waals surface area contributed by atoms with Crippen LogP contribution in [0, 0.1) is 5.41 Å². The lowest BCUT2D eigenvalue weighted by Gasteiger charge is -2.18. The van der Waals surface area contributed by atoms with Crippen molar-refractivity contribution in [3.8, 4) is 16.9 Å². The molecule has 0 fully saturated rings. The Morgan fingerprint density at radius 3 is 2.50 bits per heavy atom. The molecule has 1 aliphatic heterocycles. The molecule has 0 bridgehead atoms. The Hall–Kier alpha value is -5.11. The molecule has 8 heteroatoms. The number of nitrogens with two attached hydrogens (primary N) is 1. The normalized spacial score (nSPS) is 13.7. The van der Waals surface area contributed by atoms with Crippen LogP contribution in [0.15, 0.2) is 84.9 Å². The number of aromatic carboxylic acids is 1. The van der Waals surface area contributed by atoms with Crippen LogP contribution >= 0.6 is 0 Å². The highest BCUT2D eigenvalue weighted by molar-refractivity contribution is 6.00. The summed E-state index contributed by atoms with van der Waals surface area (Å²) in [4.78, 5) is 25.4. The van der Waals surface area contributed by atoms with Crippen LogP contribution in [-0.2, 0) is 13.0 Å². The Kier molecular flexibility index (Phi) is 7.50. The van der Waals surface area contributed by atoms with Gasteiger partial charge in [0.1, 0.15) is 11.6 Å². The van der Waals surface area contributed by atoms with Crippen molar-refractivity contribution in [2.75, 3.05) is 19.0 Å². The summed E-state index contributed by atoms with van der Waals surface area (Å²) in [5.41, 5.74) is 12.0. The first-order valence-electron chi connectivity index (χ1n) is 12.9. The zero-order valence-electron chi connectivity index (χ0n) is 22.0. The number of hydrogen-bond acceptors (Lipinski definition) is 5. The lowest BCUT2D eigenvalue weighted by Crippen LogP contribution is -2.23. The second kappa shape index (κ2) is 11.3. The lowest BCUT2D eigenvalue weighted by molar-refractivity contribution is 0.0697. The summed E-state index contributed by atoms with van der Waals surface area (Å²) in [6, 6.07) is 25.7. The topological polar surface area (TPSA) is 138 Å². The highest BCUT2D eigenvalue weighted by atomic mass is 16.5. The first-order chi connectivity index (χ1) is 19.3. The SMILES string of the molecule is COc1ccc(-c2cc(C(=O)NCc3ccccc3)ccc2CC2CNc3ccc(C(=N)N)cc32)c(C(=O)O)c1. The fraction of sp³-hybridized carbons (Fsp3) is 0.156. The number of rotatable bonds is 9. The number of carboxylic acid groups (broad SMARTS) is 1. The summed E-state index contributed by atoms with van der Waals surface area (Å²) in [7, 11) is 1.49. The van der Waals surface area contributed by atoms with Crippen molar-refractivity contribution in [3.05, 3.63) is 118 Å². The van der Waals surface area contributed by atoms with Gasteiger partial charge >= 0.3 is 5.97 Å². The molecule has 0 saturated carbocycles. The number of ether oxygens (including phenoxy) is 1. The van der Waals surface area contributed by atoms with Crippen LogP contribution in [-0.4, -0.2) is 36.5 Å². The van der Waals surface area contributed by atoms with Crippen molar-refractivity contribution >= 4 is 23.4 Å². The standard InChI is InChI=1S/C32H30N4O4/c1-40-24-10-11-25(28(16-24)32(38)39)26-15-22(31(37)36-17-19-5-3-2-4-6-19)8-7-20(26)13-23-18-35-29-12-9-21(30(33)34)14-27(23)29/h2-12,14-16,23,35H,13,17-18H2,1H3,(H3,33,34)(H,36,37)(H,38,39). The number of methoxy groups -OCH3 is 1. The smallest absolute Gasteiger partial charge is 0.336 e. The largest absolute Gasteiger partial charge is 0.497 e. The van der Waals surface area contributed by atoms with Gasteiger partial charge in [-0.25, -0.2) is 4.79 Å². The van der Waals surface area contributed by atoms with Gasteiger partial charge in [-0.05, 0) is 82.8 Å². The molecule has 8 nitrogen and oxygen atoms in total. The minimum Gasteiger partial charge on any atom is -0.497 e. The maximum Gasteiger partial charge on any atom is 0.336 e. The third-order valence-electron chi connectivity index (χ3n) is 7.22. The lowest BCUT2D eigenvalue weighted by atomic mass is 9.86. The number of benzene rings is 4. The number of carboxylic acids is 1. The van der Waals surface area contributed by atoms with E-state index in [0.717, 1.165) is 22.4 Å². The number of amides is 1. The van der Waals surface area contributed by atoms with Gasteiger partial charge in [0.2, 0.25) is 0 Å². The highest BCUT2D eigenvalue weighted by Crippen LogP contribution is 2.38. The number of fused-ring (bicyclic) bond motifs is 1. The highest BCUT2D eigenvalue weighted by Gasteiger charge is 2.26. The second-order valence-electron chi connectivity index (χ2n) is 9.75. The molecular formula is C32H30N4O4. The fourth-order valence-electron chi connectivity index (χ4n) is 5.11. The molecule has 5 rings (SSSR count). The van der Waals surface area contributed by atoms with E-state index in [1.165, 1.54) is 13.2 Å². The van der Waals surface area contributed by atoms with Crippen LogP contribution in [0.25, 0.3) is 11.1 Å². The molecule has 0 aromatic heterocycles. The number of anilines is 1. The molecule has 1 heterocycles. The van der Waals surface area contributed by atoms with E-state index < -0.39 is 5.97 Å². The van der Waals surface area contributed by atoms with Crippen LogP contribution in [0.5, 0.6) is 5.75 Å². The third-order valence-corrected chi connectivity index (χ3v) is 7.22. The van der Waals surface area contributed by atoms with Crippen LogP contribution in [0.1, 0.15) is 48.9 Å². The molecule has 1 unspecified atom stereocenters. The molecular weight excluding hydrogens is 504 g/mol. The molecule has 0 spiro atoms. The summed E-state index contributed by atoms with van der Waals surface area (Å²) in [6.07, 6.45) is 0.591. The van der Waals surface area contributed by atoms with Gasteiger partial charge in [-0.15, -0.1) is 0 Å². The van der Waals surface area contributed by atoms with E-state index in [2.05, 4.69) is 10.6 Å². The maximum absolute atomic E-state index is 13.2. The van der Waals surface area contributed by atoms with E-state index in [1.807, 2.05) is 54.6 Å². The summed E-state index contributed by atoms with van der Waals surface area (Å²) in [6.45, 7) is 1.06. The molecule has 4 aromatic carbocycles. The van der Waals surface area contributed by atoms with Gasteiger partial charge < -0.3 is 26.2 Å². The van der Waals surface area contributed by atoms with Crippen LogP contribution in [0.3, 0.4) is 0 Å². The predicted octanol–water partition coefficient (Wildman–Crippen LogP) is 5.03. The van der Waals surface area contributed by atoms with Crippen LogP contribution < -0.4 is 21.1 Å².